The van der Waals surface area contributed by atoms with Gasteiger partial charge in [0.2, 0.25) is 0 Å². The number of aromatic nitrogens is 2. The van der Waals surface area contributed by atoms with Crippen LogP contribution < -0.4 is 0 Å². The number of hydrogen-bond acceptors (Lipinski definition) is 2. The summed E-state index contributed by atoms with van der Waals surface area (Å²) in [6, 6.07) is 0. The van der Waals surface area contributed by atoms with Crippen LogP contribution in [-0.4, -0.2) is 9.97 Å². The minimum absolute atomic E-state index is 0.659. The molecule has 0 radical (unpaired) electrons. The molecule has 1 heterocycles. The molecule has 0 unspecified atom stereocenters. The van der Waals surface area contributed by atoms with Gasteiger partial charge >= 0.3 is 0 Å². The smallest absolute Gasteiger partial charge is 0.0621 e. The first-order chi connectivity index (χ1) is 5.74. The third kappa shape index (κ3) is 2.29. The van der Waals surface area contributed by atoms with E-state index in [-0.39, 0.29) is 0 Å². The van der Waals surface area contributed by atoms with Gasteiger partial charge in [-0.05, 0) is 18.8 Å². The first-order valence-corrected chi connectivity index (χ1v) is 4.52. The monoisotopic (exact) mass is 164 g/mol. The highest BCUT2D eigenvalue weighted by atomic mass is 14.8. The van der Waals surface area contributed by atoms with E-state index in [4.69, 9.17) is 0 Å². The molecule has 0 aliphatic rings. The van der Waals surface area contributed by atoms with E-state index in [0.717, 1.165) is 24.2 Å². The summed E-state index contributed by atoms with van der Waals surface area (Å²) in [6.07, 6.45) is 5.56. The predicted molar refractivity (Wildman–Crippen MR) is 50.0 cm³/mol. The summed E-state index contributed by atoms with van der Waals surface area (Å²) in [7, 11) is 0. The zero-order valence-electron chi connectivity index (χ0n) is 8.04. The molecule has 0 aliphatic carbocycles. The fourth-order valence-corrected chi connectivity index (χ4v) is 1.25. The van der Waals surface area contributed by atoms with Gasteiger partial charge in [0.05, 0.1) is 11.4 Å². The Hall–Kier alpha value is -0.920. The zero-order chi connectivity index (χ0) is 8.97. The highest BCUT2D eigenvalue weighted by molar-refractivity contribution is 5.10. The van der Waals surface area contributed by atoms with E-state index in [1.807, 2.05) is 0 Å². The Labute approximate surface area is 74.1 Å². The molecule has 0 fully saturated rings. The molecule has 1 rings (SSSR count). The van der Waals surface area contributed by atoms with Gasteiger partial charge < -0.3 is 0 Å². The van der Waals surface area contributed by atoms with E-state index in [2.05, 4.69) is 30.7 Å². The fourth-order valence-electron chi connectivity index (χ4n) is 1.25. The Morgan fingerprint density at radius 1 is 1.17 bits per heavy atom. The number of aryl methyl sites for hydroxylation is 1. The molecule has 0 aliphatic heterocycles. The van der Waals surface area contributed by atoms with Crippen LogP contribution >= 0.6 is 0 Å². The van der Waals surface area contributed by atoms with Crippen molar-refractivity contribution in [1.29, 1.82) is 0 Å². The van der Waals surface area contributed by atoms with Crippen LogP contribution in [0.3, 0.4) is 0 Å². The van der Waals surface area contributed by atoms with E-state index >= 15 is 0 Å². The quantitative estimate of drug-likeness (QED) is 0.684. The largest absolute Gasteiger partial charge is 0.258 e. The summed E-state index contributed by atoms with van der Waals surface area (Å²) in [5, 5.41) is 0. The van der Waals surface area contributed by atoms with Crippen molar-refractivity contribution in [3.63, 3.8) is 0 Å². The molecule has 1 aromatic heterocycles. The van der Waals surface area contributed by atoms with Gasteiger partial charge in [-0.1, -0.05) is 20.8 Å². The van der Waals surface area contributed by atoms with Crippen LogP contribution in [0.15, 0.2) is 12.4 Å². The van der Waals surface area contributed by atoms with Gasteiger partial charge in [0, 0.05) is 12.4 Å². The Balaban J connectivity index is 2.82. The first-order valence-electron chi connectivity index (χ1n) is 4.52. The molecule has 0 spiro atoms. The second-order valence-corrected chi connectivity index (χ2v) is 3.40. The van der Waals surface area contributed by atoms with Crippen molar-refractivity contribution in [1.82, 2.24) is 9.97 Å². The molecule has 0 N–H and O–H groups in total. The Morgan fingerprint density at radius 2 is 1.75 bits per heavy atom. The molecule has 66 valence electrons. The van der Waals surface area contributed by atoms with Gasteiger partial charge in [-0.2, -0.15) is 0 Å². The molecule has 0 atom stereocenters. The highest BCUT2D eigenvalue weighted by Crippen LogP contribution is 2.08. The van der Waals surface area contributed by atoms with Crippen LogP contribution in [0, 0.1) is 5.92 Å². The maximum absolute atomic E-state index is 4.33. The third-order valence-electron chi connectivity index (χ3n) is 1.80. The average molecular weight is 164 g/mol. The maximum atomic E-state index is 4.33. The molecule has 0 amide bonds. The Kier molecular flexibility index (Phi) is 3.20. The van der Waals surface area contributed by atoms with Crippen molar-refractivity contribution in [3.8, 4) is 0 Å². The van der Waals surface area contributed by atoms with Gasteiger partial charge in [-0.3, -0.25) is 9.97 Å². The minimum atomic E-state index is 0.659. The number of hydrogen-bond donors (Lipinski definition) is 0. The molecular formula is C10H16N2. The van der Waals surface area contributed by atoms with Crippen LogP contribution in [0.25, 0.3) is 0 Å². The van der Waals surface area contributed by atoms with E-state index < -0.39 is 0 Å². The molecule has 2 nitrogen and oxygen atoms in total. The lowest BCUT2D eigenvalue weighted by molar-refractivity contribution is 0.626. The summed E-state index contributed by atoms with van der Waals surface area (Å²) in [4.78, 5) is 8.61. The van der Waals surface area contributed by atoms with Gasteiger partial charge in [0.25, 0.3) is 0 Å². The van der Waals surface area contributed by atoms with Crippen molar-refractivity contribution in [3.05, 3.63) is 23.8 Å². The lowest BCUT2D eigenvalue weighted by Crippen LogP contribution is -2.03. The van der Waals surface area contributed by atoms with Crippen molar-refractivity contribution in [2.45, 2.75) is 33.6 Å². The Morgan fingerprint density at radius 3 is 2.25 bits per heavy atom. The summed E-state index contributed by atoms with van der Waals surface area (Å²) < 4.78 is 0. The summed E-state index contributed by atoms with van der Waals surface area (Å²) in [5.74, 6) is 0.659. The van der Waals surface area contributed by atoms with Crippen LogP contribution in [0.4, 0.5) is 0 Å². The first kappa shape index (κ1) is 9.17. The zero-order valence-corrected chi connectivity index (χ0v) is 8.04. The van der Waals surface area contributed by atoms with E-state index in [1.165, 1.54) is 0 Å². The molecule has 0 aromatic carbocycles. The van der Waals surface area contributed by atoms with Crippen molar-refractivity contribution in [2.24, 2.45) is 5.92 Å². The van der Waals surface area contributed by atoms with Gasteiger partial charge in [0.15, 0.2) is 0 Å². The Bertz CT molecular complexity index is 243. The van der Waals surface area contributed by atoms with Crippen LogP contribution in [0.5, 0.6) is 0 Å². The van der Waals surface area contributed by atoms with Crippen molar-refractivity contribution < 1.29 is 0 Å². The van der Waals surface area contributed by atoms with E-state index in [1.54, 1.807) is 12.4 Å². The summed E-state index contributed by atoms with van der Waals surface area (Å²) >= 11 is 0. The second-order valence-electron chi connectivity index (χ2n) is 3.40. The lowest BCUT2D eigenvalue weighted by Gasteiger charge is -2.06. The minimum Gasteiger partial charge on any atom is -0.258 e. The standard InChI is InChI=1S/C10H16N2/c1-4-9-10(7-8(2)3)12-6-5-11-9/h5-6,8H,4,7H2,1-3H3. The fraction of sp³-hybridized carbons (Fsp3) is 0.600. The van der Waals surface area contributed by atoms with E-state index in [9.17, 15) is 0 Å². The molecule has 2 heteroatoms. The predicted octanol–water partition coefficient (Wildman–Crippen LogP) is 2.24. The van der Waals surface area contributed by atoms with Gasteiger partial charge in [-0.15, -0.1) is 0 Å². The summed E-state index contributed by atoms with van der Waals surface area (Å²) in [6.45, 7) is 6.52. The lowest BCUT2D eigenvalue weighted by atomic mass is 10.1. The SMILES string of the molecule is CCc1nccnc1CC(C)C. The normalized spacial score (nSPS) is 10.7. The highest BCUT2D eigenvalue weighted by Gasteiger charge is 2.04. The van der Waals surface area contributed by atoms with Crippen LogP contribution in [0.2, 0.25) is 0 Å². The third-order valence-corrected chi connectivity index (χ3v) is 1.80. The molecule has 0 bridgehead atoms. The second kappa shape index (κ2) is 4.19. The average Bonchev–Trinajstić information content (AvgIpc) is 2.04. The molecule has 0 saturated carbocycles. The van der Waals surface area contributed by atoms with E-state index in [0.29, 0.717) is 5.92 Å². The van der Waals surface area contributed by atoms with Crippen molar-refractivity contribution >= 4 is 0 Å². The molecule has 0 saturated heterocycles. The maximum Gasteiger partial charge on any atom is 0.0621 e. The van der Waals surface area contributed by atoms with Crippen LogP contribution in [0.1, 0.15) is 32.2 Å². The van der Waals surface area contributed by atoms with Gasteiger partial charge in [0.1, 0.15) is 0 Å². The van der Waals surface area contributed by atoms with Gasteiger partial charge in [-0.25, -0.2) is 0 Å². The molecule has 1 aromatic rings. The number of rotatable bonds is 3. The number of nitrogens with zero attached hydrogens (tertiary/aromatic N) is 2. The van der Waals surface area contributed by atoms with Crippen LogP contribution in [-0.2, 0) is 12.8 Å². The molecule has 12 heavy (non-hydrogen) atoms. The molecular weight excluding hydrogens is 148 g/mol. The summed E-state index contributed by atoms with van der Waals surface area (Å²) in [5.41, 5.74) is 2.31. The van der Waals surface area contributed by atoms with Crippen molar-refractivity contribution in [2.75, 3.05) is 0 Å². The topological polar surface area (TPSA) is 25.8 Å².